The Hall–Kier alpha value is -3.44. The first-order valence-corrected chi connectivity index (χ1v) is 10.5. The van der Waals surface area contributed by atoms with E-state index in [1.165, 1.54) is 0 Å². The van der Waals surface area contributed by atoms with Crippen molar-refractivity contribution in [3.05, 3.63) is 95.0 Å². The largest absolute Gasteiger partial charge is 0.489 e. The Bertz CT molecular complexity index is 1150. The molecule has 0 atom stereocenters. The van der Waals surface area contributed by atoms with Gasteiger partial charge in [0.05, 0.1) is 10.2 Å². The number of para-hydroxylation sites is 1. The molecule has 0 unspecified atom stereocenters. The second-order valence-corrected chi connectivity index (χ2v) is 7.93. The molecule has 3 aromatic carbocycles. The van der Waals surface area contributed by atoms with Crippen LogP contribution in [0.5, 0.6) is 5.75 Å². The molecule has 0 fully saturated rings. The number of rotatable bonds is 8. The number of carbonyl (C=O) groups is 1. The number of fused-ring (bicyclic) bond motifs is 1. The molecule has 4 nitrogen and oxygen atoms in total. The molecule has 150 valence electrons. The first-order chi connectivity index (χ1) is 14.7. The fraction of sp³-hybridized carbons (Fsp3) is 0.120. The lowest BCUT2D eigenvalue weighted by atomic mass is 10.1. The van der Waals surface area contributed by atoms with Crippen molar-refractivity contribution in [2.24, 2.45) is 0 Å². The number of aromatic nitrogens is 1. The van der Waals surface area contributed by atoms with E-state index in [0.717, 1.165) is 37.7 Å². The van der Waals surface area contributed by atoms with Gasteiger partial charge in [0, 0.05) is 6.42 Å². The van der Waals surface area contributed by atoms with Gasteiger partial charge in [-0.25, -0.2) is 4.98 Å². The summed E-state index contributed by atoms with van der Waals surface area (Å²) in [6.45, 7) is 0.498. The lowest BCUT2D eigenvalue weighted by Crippen LogP contribution is -1.96. The number of nitrogens with zero attached hydrogens (tertiary/aromatic N) is 1. The molecule has 1 N–H and O–H groups in total. The zero-order chi connectivity index (χ0) is 20.8. The third-order valence-electron chi connectivity index (χ3n) is 4.62. The van der Waals surface area contributed by atoms with Crippen molar-refractivity contribution >= 4 is 39.2 Å². The van der Waals surface area contributed by atoms with Crippen LogP contribution < -0.4 is 4.74 Å². The Morgan fingerprint density at radius 2 is 1.77 bits per heavy atom. The van der Waals surface area contributed by atoms with E-state index in [4.69, 9.17) is 9.72 Å². The Kier molecular flexibility index (Phi) is 6.20. The van der Waals surface area contributed by atoms with E-state index in [0.29, 0.717) is 13.0 Å². The summed E-state index contributed by atoms with van der Waals surface area (Å²) in [7, 11) is 0. The van der Waals surface area contributed by atoms with Gasteiger partial charge < -0.3 is 9.84 Å². The van der Waals surface area contributed by atoms with Crippen LogP contribution >= 0.6 is 11.3 Å². The second kappa shape index (κ2) is 9.37. The van der Waals surface area contributed by atoms with Crippen LogP contribution in [0.4, 0.5) is 0 Å². The van der Waals surface area contributed by atoms with Gasteiger partial charge in [-0.05, 0) is 53.5 Å². The number of hydrogen-bond acceptors (Lipinski definition) is 4. The highest BCUT2D eigenvalue weighted by Gasteiger charge is 2.11. The van der Waals surface area contributed by atoms with Crippen LogP contribution in [0, 0.1) is 0 Å². The van der Waals surface area contributed by atoms with E-state index in [9.17, 15) is 9.90 Å². The Morgan fingerprint density at radius 3 is 2.57 bits per heavy atom. The van der Waals surface area contributed by atoms with Crippen LogP contribution in [0.2, 0.25) is 0 Å². The van der Waals surface area contributed by atoms with E-state index >= 15 is 0 Å². The van der Waals surface area contributed by atoms with Gasteiger partial charge in [-0.3, -0.25) is 4.79 Å². The quantitative estimate of drug-likeness (QED) is 0.368. The zero-order valence-corrected chi connectivity index (χ0v) is 17.1. The number of aliphatic carboxylic acids is 1. The molecule has 0 aliphatic rings. The monoisotopic (exact) mass is 415 g/mol. The van der Waals surface area contributed by atoms with Gasteiger partial charge in [0.15, 0.2) is 0 Å². The van der Waals surface area contributed by atoms with Crippen LogP contribution in [0.25, 0.3) is 21.9 Å². The molecule has 0 saturated carbocycles. The summed E-state index contributed by atoms with van der Waals surface area (Å²) in [5.74, 6) is -0.0450. The summed E-state index contributed by atoms with van der Waals surface area (Å²) in [6.07, 6.45) is 2.49. The minimum absolute atomic E-state index is 0.0615. The number of carboxylic acid groups (broad SMARTS) is 1. The highest BCUT2D eigenvalue weighted by molar-refractivity contribution is 7.19. The van der Waals surface area contributed by atoms with E-state index in [1.807, 2.05) is 84.9 Å². The maximum Gasteiger partial charge on any atom is 0.303 e. The molecule has 4 aromatic rings. The van der Waals surface area contributed by atoms with Crippen LogP contribution in [0.1, 0.15) is 29.0 Å². The molecule has 30 heavy (non-hydrogen) atoms. The standard InChI is InChI=1S/C25H21NO3S/c27-24(28)14-13-20(25-26-22-11-4-5-12-23(22)30-25)15-19-9-6-10-21(16-19)29-17-18-7-2-1-3-8-18/h1-12,15-16H,13-14,17H2,(H,27,28)/b20-15-. The van der Waals surface area contributed by atoms with E-state index in [1.54, 1.807) is 11.3 Å². The minimum Gasteiger partial charge on any atom is -0.489 e. The summed E-state index contributed by atoms with van der Waals surface area (Å²) >= 11 is 1.58. The Balaban J connectivity index is 1.59. The van der Waals surface area contributed by atoms with Crippen LogP contribution in [0.15, 0.2) is 78.9 Å². The van der Waals surface area contributed by atoms with Crippen molar-refractivity contribution in [1.29, 1.82) is 0 Å². The maximum absolute atomic E-state index is 11.2. The van der Waals surface area contributed by atoms with E-state index in [2.05, 4.69) is 0 Å². The molecule has 0 bridgehead atoms. The summed E-state index contributed by atoms with van der Waals surface area (Å²) in [4.78, 5) is 15.9. The summed E-state index contributed by atoms with van der Waals surface area (Å²) < 4.78 is 7.02. The van der Waals surface area contributed by atoms with Crippen LogP contribution in [0.3, 0.4) is 0 Å². The highest BCUT2D eigenvalue weighted by Crippen LogP contribution is 2.31. The normalized spacial score (nSPS) is 11.5. The van der Waals surface area contributed by atoms with Crippen LogP contribution in [-0.4, -0.2) is 16.1 Å². The lowest BCUT2D eigenvalue weighted by molar-refractivity contribution is -0.136. The number of benzene rings is 3. The summed E-state index contributed by atoms with van der Waals surface area (Å²) in [5.41, 5.74) is 3.91. The predicted molar refractivity (Wildman–Crippen MR) is 122 cm³/mol. The average Bonchev–Trinajstić information content (AvgIpc) is 3.20. The summed E-state index contributed by atoms with van der Waals surface area (Å²) in [6, 6.07) is 25.8. The SMILES string of the molecule is O=C(O)CC/C(=C/c1cccc(OCc2ccccc2)c1)c1nc2ccccc2s1. The molecule has 5 heteroatoms. The van der Waals surface area contributed by atoms with Crippen molar-refractivity contribution < 1.29 is 14.6 Å². The number of carboxylic acids is 1. The number of allylic oxidation sites excluding steroid dienone is 1. The molecule has 0 aliphatic carbocycles. The predicted octanol–water partition coefficient (Wildman–Crippen LogP) is 6.28. The second-order valence-electron chi connectivity index (χ2n) is 6.90. The first-order valence-electron chi connectivity index (χ1n) is 9.72. The third kappa shape index (κ3) is 5.13. The first kappa shape index (κ1) is 19.9. The molecule has 0 spiro atoms. The highest BCUT2D eigenvalue weighted by atomic mass is 32.1. The smallest absolute Gasteiger partial charge is 0.303 e. The van der Waals surface area contributed by atoms with Gasteiger partial charge in [0.1, 0.15) is 17.4 Å². The topological polar surface area (TPSA) is 59.4 Å². The fourth-order valence-electron chi connectivity index (χ4n) is 3.13. The van der Waals surface area contributed by atoms with Crippen molar-refractivity contribution in [2.75, 3.05) is 0 Å². The van der Waals surface area contributed by atoms with Crippen molar-refractivity contribution in [1.82, 2.24) is 4.98 Å². The van der Waals surface area contributed by atoms with Gasteiger partial charge in [-0.2, -0.15) is 0 Å². The molecular formula is C25H21NO3S. The molecule has 0 amide bonds. The maximum atomic E-state index is 11.2. The Morgan fingerprint density at radius 1 is 0.967 bits per heavy atom. The zero-order valence-electron chi connectivity index (χ0n) is 16.3. The molecule has 4 rings (SSSR count). The van der Waals surface area contributed by atoms with Crippen molar-refractivity contribution in [3.8, 4) is 5.75 Å². The molecule has 1 heterocycles. The lowest BCUT2D eigenvalue weighted by Gasteiger charge is -2.08. The van der Waals surface area contributed by atoms with Crippen molar-refractivity contribution in [2.45, 2.75) is 19.4 Å². The van der Waals surface area contributed by atoms with Gasteiger partial charge >= 0.3 is 5.97 Å². The fourth-order valence-corrected chi connectivity index (χ4v) is 4.14. The Labute approximate surface area is 179 Å². The van der Waals surface area contributed by atoms with Gasteiger partial charge in [-0.1, -0.05) is 54.6 Å². The number of hydrogen-bond donors (Lipinski definition) is 1. The van der Waals surface area contributed by atoms with E-state index in [-0.39, 0.29) is 6.42 Å². The van der Waals surface area contributed by atoms with Gasteiger partial charge in [-0.15, -0.1) is 11.3 Å². The molecular weight excluding hydrogens is 394 g/mol. The van der Waals surface area contributed by atoms with E-state index < -0.39 is 5.97 Å². The van der Waals surface area contributed by atoms with Gasteiger partial charge in [0.25, 0.3) is 0 Å². The average molecular weight is 416 g/mol. The molecule has 1 aromatic heterocycles. The van der Waals surface area contributed by atoms with Gasteiger partial charge in [0.2, 0.25) is 0 Å². The molecule has 0 aliphatic heterocycles. The minimum atomic E-state index is -0.818. The third-order valence-corrected chi connectivity index (χ3v) is 5.74. The van der Waals surface area contributed by atoms with Crippen LogP contribution in [-0.2, 0) is 11.4 Å². The summed E-state index contributed by atoms with van der Waals surface area (Å²) in [5, 5.41) is 10.0. The number of ether oxygens (including phenoxy) is 1. The van der Waals surface area contributed by atoms with Crippen molar-refractivity contribution in [3.63, 3.8) is 0 Å². The molecule has 0 radical (unpaired) electrons. The number of thiazole rings is 1. The molecule has 0 saturated heterocycles.